The molecule has 98 valence electrons. The van der Waals surface area contributed by atoms with Gasteiger partial charge in [0.15, 0.2) is 0 Å². The molecule has 5 heteroatoms. The summed E-state index contributed by atoms with van der Waals surface area (Å²) in [5.74, 6) is 0. The highest BCUT2D eigenvalue weighted by molar-refractivity contribution is 5.63. The van der Waals surface area contributed by atoms with Gasteiger partial charge in [0.25, 0.3) is 5.69 Å². The van der Waals surface area contributed by atoms with E-state index in [1.165, 1.54) is 6.07 Å². The molecule has 0 saturated heterocycles. The van der Waals surface area contributed by atoms with Crippen LogP contribution in [-0.4, -0.2) is 22.2 Å². The van der Waals surface area contributed by atoms with Crippen molar-refractivity contribution in [2.45, 2.75) is 39.3 Å². The summed E-state index contributed by atoms with van der Waals surface area (Å²) >= 11 is 0. The molecule has 0 heterocycles. The lowest BCUT2D eigenvalue weighted by Gasteiger charge is -2.49. The van der Waals surface area contributed by atoms with Gasteiger partial charge >= 0.3 is 0 Å². The smallest absolute Gasteiger partial charge is 0.292 e. The second-order valence-electron chi connectivity index (χ2n) is 5.55. The highest BCUT2D eigenvalue weighted by atomic mass is 16.6. The second kappa shape index (κ2) is 4.24. The van der Waals surface area contributed by atoms with Gasteiger partial charge in [0.1, 0.15) is 5.69 Å². The van der Waals surface area contributed by atoms with Crippen molar-refractivity contribution in [3.8, 4) is 0 Å². The third-order valence-electron chi connectivity index (χ3n) is 3.89. The molecule has 0 bridgehead atoms. The van der Waals surface area contributed by atoms with Crippen molar-refractivity contribution in [1.29, 1.82) is 0 Å². The Morgan fingerprint density at radius 1 is 1.50 bits per heavy atom. The molecular weight excluding hydrogens is 232 g/mol. The summed E-state index contributed by atoms with van der Waals surface area (Å²) in [5.41, 5.74) is 1.33. The molecule has 2 atom stereocenters. The van der Waals surface area contributed by atoms with E-state index in [4.69, 9.17) is 0 Å². The molecule has 1 aliphatic rings. The highest BCUT2D eigenvalue weighted by Crippen LogP contribution is 2.43. The van der Waals surface area contributed by atoms with Gasteiger partial charge in [-0.1, -0.05) is 19.9 Å². The average molecular weight is 250 g/mol. The van der Waals surface area contributed by atoms with Crippen molar-refractivity contribution in [2.75, 3.05) is 5.32 Å². The van der Waals surface area contributed by atoms with Crippen LogP contribution in [0.15, 0.2) is 18.2 Å². The molecule has 1 aliphatic carbocycles. The van der Waals surface area contributed by atoms with Gasteiger partial charge in [-0.2, -0.15) is 0 Å². The number of aliphatic hydroxyl groups is 1. The number of benzene rings is 1. The van der Waals surface area contributed by atoms with Crippen LogP contribution < -0.4 is 5.32 Å². The molecule has 0 aliphatic heterocycles. The zero-order chi connectivity index (χ0) is 13.5. The number of aryl methyl sites for hydroxylation is 1. The largest absolute Gasteiger partial charge is 0.392 e. The van der Waals surface area contributed by atoms with Crippen LogP contribution in [0.4, 0.5) is 11.4 Å². The fourth-order valence-electron chi connectivity index (χ4n) is 2.26. The molecule has 0 aromatic heterocycles. The lowest BCUT2D eigenvalue weighted by atomic mass is 9.64. The van der Waals surface area contributed by atoms with Crippen LogP contribution in [0, 0.1) is 22.5 Å². The van der Waals surface area contributed by atoms with Crippen molar-refractivity contribution < 1.29 is 10.0 Å². The monoisotopic (exact) mass is 250 g/mol. The molecule has 0 amide bonds. The summed E-state index contributed by atoms with van der Waals surface area (Å²) in [5, 5.41) is 23.8. The van der Waals surface area contributed by atoms with Crippen LogP contribution in [0.2, 0.25) is 0 Å². The van der Waals surface area contributed by atoms with Gasteiger partial charge in [-0.15, -0.1) is 0 Å². The molecule has 2 unspecified atom stereocenters. The van der Waals surface area contributed by atoms with Crippen LogP contribution >= 0.6 is 0 Å². The maximum absolute atomic E-state index is 11.0. The molecule has 5 nitrogen and oxygen atoms in total. The summed E-state index contributed by atoms with van der Waals surface area (Å²) in [6, 6.07) is 5.08. The molecule has 1 aromatic rings. The summed E-state index contributed by atoms with van der Waals surface area (Å²) in [4.78, 5) is 10.6. The number of aliphatic hydroxyl groups excluding tert-OH is 1. The molecular formula is C13H18N2O3. The number of nitrogens with one attached hydrogen (secondary N) is 1. The standard InChI is InChI=1S/C13H18N2O3/c1-8-4-5-10(15(17)18)9(6-8)14-11-7-12(16)13(11,2)3/h4-6,11-12,14,16H,7H2,1-3H3. The Labute approximate surface area is 106 Å². The van der Waals surface area contributed by atoms with Crippen molar-refractivity contribution in [3.05, 3.63) is 33.9 Å². The fourth-order valence-corrected chi connectivity index (χ4v) is 2.26. The summed E-state index contributed by atoms with van der Waals surface area (Å²) < 4.78 is 0. The minimum absolute atomic E-state index is 0.0630. The molecule has 2 N–H and O–H groups in total. The number of nitro groups is 1. The molecule has 1 fully saturated rings. The van der Waals surface area contributed by atoms with E-state index in [2.05, 4.69) is 5.32 Å². The number of rotatable bonds is 3. The van der Waals surface area contributed by atoms with Crippen LogP contribution in [0.3, 0.4) is 0 Å². The third kappa shape index (κ3) is 2.06. The predicted octanol–water partition coefficient (Wildman–Crippen LogP) is 2.47. The Kier molecular flexibility index (Phi) is 3.02. The lowest BCUT2D eigenvalue weighted by Crippen LogP contribution is -2.56. The van der Waals surface area contributed by atoms with E-state index in [1.807, 2.05) is 20.8 Å². The lowest BCUT2D eigenvalue weighted by molar-refractivity contribution is -0.384. The topological polar surface area (TPSA) is 75.4 Å². The van der Waals surface area contributed by atoms with Gasteiger partial charge in [0, 0.05) is 17.5 Å². The van der Waals surface area contributed by atoms with Crippen molar-refractivity contribution in [2.24, 2.45) is 5.41 Å². The van der Waals surface area contributed by atoms with Crippen LogP contribution in [0.1, 0.15) is 25.8 Å². The molecule has 1 saturated carbocycles. The molecule has 2 rings (SSSR count). The quantitative estimate of drug-likeness (QED) is 0.638. The second-order valence-corrected chi connectivity index (χ2v) is 5.55. The molecule has 18 heavy (non-hydrogen) atoms. The first-order chi connectivity index (χ1) is 8.32. The van der Waals surface area contributed by atoms with Gasteiger partial charge in [0.2, 0.25) is 0 Å². The molecule has 1 aromatic carbocycles. The fraction of sp³-hybridized carbons (Fsp3) is 0.538. The first kappa shape index (κ1) is 12.8. The Hall–Kier alpha value is -1.62. The zero-order valence-corrected chi connectivity index (χ0v) is 10.8. The zero-order valence-electron chi connectivity index (χ0n) is 10.8. The first-order valence-electron chi connectivity index (χ1n) is 6.02. The summed E-state index contributed by atoms with van der Waals surface area (Å²) in [6.07, 6.45) is 0.275. The normalized spacial score (nSPS) is 25.3. The van der Waals surface area contributed by atoms with E-state index >= 15 is 0 Å². The Bertz CT molecular complexity index is 485. The van der Waals surface area contributed by atoms with Crippen molar-refractivity contribution in [3.63, 3.8) is 0 Å². The van der Waals surface area contributed by atoms with E-state index in [9.17, 15) is 15.2 Å². The third-order valence-corrected chi connectivity index (χ3v) is 3.89. The number of hydrogen-bond acceptors (Lipinski definition) is 4. The maximum atomic E-state index is 11.0. The number of nitrogens with zero attached hydrogens (tertiary/aromatic N) is 1. The average Bonchev–Trinajstić information content (AvgIpc) is 2.28. The number of anilines is 1. The Balaban J connectivity index is 2.24. The Morgan fingerprint density at radius 2 is 2.17 bits per heavy atom. The summed E-state index contributed by atoms with van der Waals surface area (Å²) in [6.45, 7) is 5.82. The SMILES string of the molecule is Cc1ccc([N+](=O)[O-])c(NC2CC(O)C2(C)C)c1. The van der Waals surface area contributed by atoms with Crippen LogP contribution in [0.25, 0.3) is 0 Å². The van der Waals surface area contributed by atoms with Crippen LogP contribution in [-0.2, 0) is 0 Å². The number of hydrogen-bond donors (Lipinski definition) is 2. The van der Waals surface area contributed by atoms with Gasteiger partial charge < -0.3 is 10.4 Å². The molecule has 0 spiro atoms. The van der Waals surface area contributed by atoms with E-state index < -0.39 is 0 Å². The maximum Gasteiger partial charge on any atom is 0.292 e. The van der Waals surface area contributed by atoms with E-state index in [0.29, 0.717) is 12.1 Å². The van der Waals surface area contributed by atoms with Crippen LogP contribution in [0.5, 0.6) is 0 Å². The van der Waals surface area contributed by atoms with Gasteiger partial charge in [0.05, 0.1) is 11.0 Å². The van der Waals surface area contributed by atoms with E-state index in [1.54, 1.807) is 12.1 Å². The highest BCUT2D eigenvalue weighted by Gasteiger charge is 2.47. The molecule has 0 radical (unpaired) electrons. The van der Waals surface area contributed by atoms with Gasteiger partial charge in [-0.25, -0.2) is 0 Å². The van der Waals surface area contributed by atoms with Gasteiger partial charge in [-0.05, 0) is 25.0 Å². The van der Waals surface area contributed by atoms with E-state index in [-0.39, 0.29) is 28.2 Å². The first-order valence-corrected chi connectivity index (χ1v) is 6.02. The van der Waals surface area contributed by atoms with Gasteiger partial charge in [-0.3, -0.25) is 10.1 Å². The van der Waals surface area contributed by atoms with E-state index in [0.717, 1.165) is 5.56 Å². The Morgan fingerprint density at radius 3 is 2.67 bits per heavy atom. The minimum atomic E-state index is -0.385. The van der Waals surface area contributed by atoms with Crippen molar-refractivity contribution in [1.82, 2.24) is 0 Å². The van der Waals surface area contributed by atoms with Crippen molar-refractivity contribution >= 4 is 11.4 Å². The number of nitro benzene ring substituents is 1. The minimum Gasteiger partial charge on any atom is -0.392 e. The predicted molar refractivity (Wildman–Crippen MR) is 69.6 cm³/mol. The summed E-state index contributed by atoms with van der Waals surface area (Å²) in [7, 11) is 0.